The second-order valence-corrected chi connectivity index (χ2v) is 4.49. The molecule has 1 rings (SSSR count). The fourth-order valence-electron chi connectivity index (χ4n) is 2.14. The zero-order valence-corrected chi connectivity index (χ0v) is 9.81. The summed E-state index contributed by atoms with van der Waals surface area (Å²) in [4.78, 5) is 11.2. The van der Waals surface area contributed by atoms with E-state index in [1.165, 1.54) is 0 Å². The van der Waals surface area contributed by atoms with Gasteiger partial charge in [-0.3, -0.25) is 4.79 Å². The molecule has 1 N–H and O–H groups in total. The standard InChI is InChI=1S/C11H17ClN2O/c1-2-9-3-5-11(8-13,6-4-9)14-10(15)7-12/h9H,2-7H2,1H3,(H,14,15). The Morgan fingerprint density at radius 3 is 2.60 bits per heavy atom. The van der Waals surface area contributed by atoms with Gasteiger partial charge >= 0.3 is 0 Å². The third kappa shape index (κ3) is 3.10. The van der Waals surface area contributed by atoms with Crippen LogP contribution in [0.2, 0.25) is 0 Å². The quantitative estimate of drug-likeness (QED) is 0.753. The van der Waals surface area contributed by atoms with Gasteiger partial charge in [-0.25, -0.2) is 0 Å². The molecule has 0 atom stereocenters. The van der Waals surface area contributed by atoms with Crippen LogP contribution in [0.5, 0.6) is 0 Å². The van der Waals surface area contributed by atoms with Gasteiger partial charge in [0, 0.05) is 0 Å². The van der Waals surface area contributed by atoms with Crippen molar-refractivity contribution < 1.29 is 4.79 Å². The van der Waals surface area contributed by atoms with Gasteiger partial charge in [-0.2, -0.15) is 5.26 Å². The van der Waals surface area contributed by atoms with Crippen molar-refractivity contribution in [3.8, 4) is 6.07 Å². The second kappa shape index (κ2) is 5.37. The van der Waals surface area contributed by atoms with Crippen molar-refractivity contribution in [3.05, 3.63) is 0 Å². The van der Waals surface area contributed by atoms with Gasteiger partial charge in [0.2, 0.25) is 5.91 Å². The lowest BCUT2D eigenvalue weighted by Crippen LogP contribution is -2.50. The van der Waals surface area contributed by atoms with Crippen LogP contribution in [0.25, 0.3) is 0 Å². The predicted octanol–water partition coefficient (Wildman–Crippen LogP) is 2.20. The van der Waals surface area contributed by atoms with E-state index in [1.807, 2.05) is 0 Å². The zero-order valence-electron chi connectivity index (χ0n) is 9.05. The average Bonchev–Trinajstić information content (AvgIpc) is 2.30. The molecule has 0 unspecified atom stereocenters. The number of halogens is 1. The van der Waals surface area contributed by atoms with E-state index in [9.17, 15) is 4.79 Å². The molecular formula is C11H17ClN2O. The molecule has 1 amide bonds. The maximum Gasteiger partial charge on any atom is 0.236 e. The number of amides is 1. The Morgan fingerprint density at radius 2 is 2.20 bits per heavy atom. The number of nitrogens with zero attached hydrogens (tertiary/aromatic N) is 1. The Bertz CT molecular complexity index is 264. The fourth-order valence-corrected chi connectivity index (χ4v) is 2.21. The Balaban J connectivity index is 2.57. The summed E-state index contributed by atoms with van der Waals surface area (Å²) in [7, 11) is 0. The van der Waals surface area contributed by atoms with Crippen molar-refractivity contribution in [3.63, 3.8) is 0 Å². The molecule has 0 aliphatic heterocycles. The normalized spacial score (nSPS) is 30.6. The summed E-state index contributed by atoms with van der Waals surface area (Å²) in [6, 6.07) is 2.24. The lowest BCUT2D eigenvalue weighted by Gasteiger charge is -2.35. The summed E-state index contributed by atoms with van der Waals surface area (Å²) < 4.78 is 0. The Labute approximate surface area is 95.8 Å². The molecule has 0 aromatic carbocycles. The molecule has 0 aromatic rings. The van der Waals surface area contributed by atoms with E-state index in [0.29, 0.717) is 5.92 Å². The van der Waals surface area contributed by atoms with Crippen molar-refractivity contribution in [1.29, 1.82) is 5.26 Å². The van der Waals surface area contributed by atoms with Gasteiger partial charge in [-0.15, -0.1) is 11.6 Å². The third-order valence-corrected chi connectivity index (χ3v) is 3.49. The molecule has 4 heteroatoms. The van der Waals surface area contributed by atoms with E-state index in [0.717, 1.165) is 32.1 Å². The van der Waals surface area contributed by atoms with Crippen LogP contribution < -0.4 is 5.32 Å². The van der Waals surface area contributed by atoms with E-state index >= 15 is 0 Å². The minimum Gasteiger partial charge on any atom is -0.337 e. The van der Waals surface area contributed by atoms with Gasteiger partial charge in [0.25, 0.3) is 0 Å². The van der Waals surface area contributed by atoms with Crippen LogP contribution in [0.1, 0.15) is 39.0 Å². The molecule has 1 fully saturated rings. The highest BCUT2D eigenvalue weighted by molar-refractivity contribution is 6.27. The molecule has 0 spiro atoms. The van der Waals surface area contributed by atoms with E-state index in [4.69, 9.17) is 16.9 Å². The molecule has 0 heterocycles. The minimum atomic E-state index is -0.655. The van der Waals surface area contributed by atoms with Crippen LogP contribution in [0.3, 0.4) is 0 Å². The van der Waals surface area contributed by atoms with Crippen LogP contribution in [0.15, 0.2) is 0 Å². The summed E-state index contributed by atoms with van der Waals surface area (Å²) in [6.07, 6.45) is 4.71. The van der Waals surface area contributed by atoms with E-state index in [-0.39, 0.29) is 11.8 Å². The first kappa shape index (κ1) is 12.3. The lowest BCUT2D eigenvalue weighted by molar-refractivity contribution is -0.120. The third-order valence-electron chi connectivity index (χ3n) is 3.25. The number of rotatable bonds is 3. The van der Waals surface area contributed by atoms with Gasteiger partial charge < -0.3 is 5.32 Å². The van der Waals surface area contributed by atoms with Crippen molar-refractivity contribution in [2.24, 2.45) is 5.92 Å². The van der Waals surface area contributed by atoms with Crippen molar-refractivity contribution in [2.45, 2.75) is 44.6 Å². The molecule has 0 saturated heterocycles. The van der Waals surface area contributed by atoms with Gasteiger partial charge in [0.1, 0.15) is 11.4 Å². The number of alkyl halides is 1. The number of carbonyl (C=O) groups is 1. The number of carbonyl (C=O) groups excluding carboxylic acids is 1. The average molecular weight is 229 g/mol. The topological polar surface area (TPSA) is 52.9 Å². The van der Waals surface area contributed by atoms with Gasteiger partial charge in [-0.1, -0.05) is 13.3 Å². The molecule has 0 aromatic heterocycles. The largest absolute Gasteiger partial charge is 0.337 e. The van der Waals surface area contributed by atoms with Crippen LogP contribution in [-0.2, 0) is 4.79 Å². The molecular weight excluding hydrogens is 212 g/mol. The van der Waals surface area contributed by atoms with Crippen LogP contribution >= 0.6 is 11.6 Å². The Hall–Kier alpha value is -0.750. The molecule has 3 nitrogen and oxygen atoms in total. The minimum absolute atomic E-state index is 0.0688. The molecule has 1 aliphatic carbocycles. The zero-order chi connectivity index (χ0) is 11.3. The van der Waals surface area contributed by atoms with Gasteiger partial charge in [-0.05, 0) is 31.6 Å². The first-order valence-corrected chi connectivity index (χ1v) is 5.97. The first-order chi connectivity index (χ1) is 7.15. The van der Waals surface area contributed by atoms with Crippen LogP contribution in [-0.4, -0.2) is 17.3 Å². The SMILES string of the molecule is CCC1CCC(C#N)(NC(=O)CCl)CC1. The van der Waals surface area contributed by atoms with Crippen molar-refractivity contribution in [1.82, 2.24) is 5.32 Å². The highest BCUT2D eigenvalue weighted by atomic mass is 35.5. The summed E-state index contributed by atoms with van der Waals surface area (Å²) in [5, 5.41) is 11.9. The Kier molecular flexibility index (Phi) is 4.41. The van der Waals surface area contributed by atoms with Crippen molar-refractivity contribution >= 4 is 17.5 Å². The van der Waals surface area contributed by atoms with Gasteiger partial charge in [0.05, 0.1) is 6.07 Å². The summed E-state index contributed by atoms with van der Waals surface area (Å²) >= 11 is 5.42. The number of hydrogen-bond donors (Lipinski definition) is 1. The van der Waals surface area contributed by atoms with Crippen molar-refractivity contribution in [2.75, 3.05) is 5.88 Å². The van der Waals surface area contributed by atoms with E-state index in [2.05, 4.69) is 18.3 Å². The second-order valence-electron chi connectivity index (χ2n) is 4.23. The monoisotopic (exact) mass is 228 g/mol. The van der Waals surface area contributed by atoms with Crippen LogP contribution in [0, 0.1) is 17.2 Å². The highest BCUT2D eigenvalue weighted by Gasteiger charge is 2.35. The number of nitriles is 1. The summed E-state index contributed by atoms with van der Waals surface area (Å²) in [5.74, 6) is 0.397. The Morgan fingerprint density at radius 1 is 1.60 bits per heavy atom. The molecule has 15 heavy (non-hydrogen) atoms. The first-order valence-electron chi connectivity index (χ1n) is 5.44. The molecule has 0 radical (unpaired) electrons. The van der Waals surface area contributed by atoms with E-state index in [1.54, 1.807) is 0 Å². The summed E-state index contributed by atoms with van der Waals surface area (Å²) in [5.41, 5.74) is -0.655. The fraction of sp³-hybridized carbons (Fsp3) is 0.818. The lowest BCUT2D eigenvalue weighted by atomic mass is 9.76. The van der Waals surface area contributed by atoms with Crippen LogP contribution in [0.4, 0.5) is 0 Å². The van der Waals surface area contributed by atoms with Gasteiger partial charge in [0.15, 0.2) is 0 Å². The molecule has 84 valence electrons. The maximum absolute atomic E-state index is 11.2. The maximum atomic E-state index is 11.2. The highest BCUT2D eigenvalue weighted by Crippen LogP contribution is 2.33. The predicted molar refractivity (Wildman–Crippen MR) is 59.5 cm³/mol. The smallest absolute Gasteiger partial charge is 0.236 e. The number of nitrogens with one attached hydrogen (secondary N) is 1. The molecule has 0 bridgehead atoms. The molecule has 1 saturated carbocycles. The molecule has 1 aliphatic rings. The van der Waals surface area contributed by atoms with E-state index < -0.39 is 5.54 Å². The summed E-state index contributed by atoms with van der Waals surface area (Å²) in [6.45, 7) is 2.17. The number of hydrogen-bond acceptors (Lipinski definition) is 2.